The molecular formula is C39H56N4O9. The molecule has 1 saturated heterocycles. The highest BCUT2D eigenvalue weighted by Gasteiger charge is 2.41. The zero-order valence-electron chi connectivity index (χ0n) is 31.5. The van der Waals surface area contributed by atoms with Gasteiger partial charge in [-0.15, -0.1) is 0 Å². The Kier molecular flexibility index (Phi) is 15.9. The minimum atomic E-state index is -0.844. The Bertz CT molecular complexity index is 1460. The molecule has 0 aromatic heterocycles. The zero-order valence-corrected chi connectivity index (χ0v) is 31.5. The number of primary amides is 1. The van der Waals surface area contributed by atoms with Crippen molar-refractivity contribution in [3.63, 3.8) is 0 Å². The summed E-state index contributed by atoms with van der Waals surface area (Å²) < 4.78 is 11.0. The third kappa shape index (κ3) is 12.8. The molecule has 3 rings (SSSR count). The quantitative estimate of drug-likeness (QED) is 0.109. The number of amides is 4. The van der Waals surface area contributed by atoms with Gasteiger partial charge >= 0.3 is 5.97 Å². The summed E-state index contributed by atoms with van der Waals surface area (Å²) in [5.74, 6) is -3.22. The Hall–Kier alpha value is -4.23. The second kappa shape index (κ2) is 19.6. The first-order valence-electron chi connectivity index (χ1n) is 18.2. The molecule has 0 unspecified atom stereocenters. The van der Waals surface area contributed by atoms with E-state index in [0.717, 1.165) is 11.1 Å². The summed E-state index contributed by atoms with van der Waals surface area (Å²) in [5.41, 5.74) is 6.19. The molecule has 1 aromatic carbocycles. The summed E-state index contributed by atoms with van der Waals surface area (Å²) in [6.45, 7) is 12.2. The van der Waals surface area contributed by atoms with E-state index < -0.39 is 29.2 Å². The average molecular weight is 725 g/mol. The van der Waals surface area contributed by atoms with Gasteiger partial charge in [-0.05, 0) is 64.0 Å². The van der Waals surface area contributed by atoms with Crippen LogP contribution >= 0.6 is 0 Å². The molecule has 2 aliphatic rings. The number of Topliss-reactive ketones (excluding diaryl/α,β-unsaturated/α-hetero) is 2. The standard InChI is InChI=1S/C39H56N4O9/c1-7-51-24-29-19-28(43-35(47)16-17-36(43)48)21-42(29)22-30(44)20-31(25(2)3)37(49)41-32(10-8-9-11-34(40)46)33(45)18-26-12-14-27(15-13-26)23-52-38(50)39(4,5)6/h12-17,25,28-29,31-32H,7-11,18-24H2,1-6H3,(H2,40,46)(H,41,49)/t28-,29-,31-,32-/m0/s1. The minimum Gasteiger partial charge on any atom is -0.460 e. The topological polar surface area (TPSA) is 182 Å². The van der Waals surface area contributed by atoms with Crippen LogP contribution in [-0.4, -0.2) is 95.4 Å². The zero-order chi connectivity index (χ0) is 38.6. The molecule has 1 aromatic rings. The van der Waals surface area contributed by atoms with Crippen LogP contribution in [0, 0.1) is 17.3 Å². The molecule has 1 fully saturated rings. The molecule has 3 N–H and O–H groups in total. The third-order valence-electron chi connectivity index (χ3n) is 9.45. The van der Waals surface area contributed by atoms with E-state index in [1.54, 1.807) is 45.0 Å². The monoisotopic (exact) mass is 724 g/mol. The van der Waals surface area contributed by atoms with Crippen LogP contribution < -0.4 is 11.1 Å². The number of likely N-dealkylation sites (tertiary alicyclic amines) is 1. The van der Waals surface area contributed by atoms with E-state index >= 15 is 0 Å². The van der Waals surface area contributed by atoms with Crippen molar-refractivity contribution in [2.45, 2.75) is 111 Å². The van der Waals surface area contributed by atoms with Gasteiger partial charge in [0.05, 0.1) is 30.7 Å². The Balaban J connectivity index is 1.66. The maximum Gasteiger partial charge on any atom is 0.311 e. The number of rotatable bonds is 21. The number of benzene rings is 1. The molecule has 0 aliphatic carbocycles. The molecule has 2 aliphatic heterocycles. The van der Waals surface area contributed by atoms with Crippen LogP contribution in [0.1, 0.15) is 91.2 Å². The Morgan fingerprint density at radius 3 is 2.19 bits per heavy atom. The van der Waals surface area contributed by atoms with Crippen molar-refractivity contribution in [2.75, 3.05) is 26.3 Å². The smallest absolute Gasteiger partial charge is 0.311 e. The molecule has 52 heavy (non-hydrogen) atoms. The highest BCUT2D eigenvalue weighted by atomic mass is 16.5. The van der Waals surface area contributed by atoms with Crippen molar-refractivity contribution in [3.8, 4) is 0 Å². The highest BCUT2D eigenvalue weighted by Crippen LogP contribution is 2.26. The van der Waals surface area contributed by atoms with Gasteiger partial charge in [0.25, 0.3) is 11.8 Å². The second-order valence-electron chi connectivity index (χ2n) is 15.2. The number of hydrogen-bond donors (Lipinski definition) is 2. The lowest BCUT2D eigenvalue weighted by atomic mass is 9.88. The lowest BCUT2D eigenvalue weighted by Gasteiger charge is -2.26. The number of nitrogens with two attached hydrogens (primary N) is 1. The van der Waals surface area contributed by atoms with E-state index in [2.05, 4.69) is 5.32 Å². The van der Waals surface area contributed by atoms with Crippen LogP contribution in [0.5, 0.6) is 0 Å². The number of unbranched alkanes of at least 4 members (excludes halogenated alkanes) is 1. The van der Waals surface area contributed by atoms with Crippen LogP contribution in [-0.2, 0) is 56.1 Å². The maximum absolute atomic E-state index is 13.8. The maximum atomic E-state index is 13.8. The van der Waals surface area contributed by atoms with E-state index in [1.165, 1.54) is 17.1 Å². The summed E-state index contributed by atoms with van der Waals surface area (Å²) in [6, 6.07) is 5.74. The van der Waals surface area contributed by atoms with Crippen molar-refractivity contribution >= 4 is 41.2 Å². The lowest BCUT2D eigenvalue weighted by Crippen LogP contribution is -2.46. The van der Waals surface area contributed by atoms with Gasteiger partial charge < -0.3 is 20.5 Å². The highest BCUT2D eigenvalue weighted by molar-refractivity contribution is 6.13. The van der Waals surface area contributed by atoms with Crippen LogP contribution in [0.4, 0.5) is 0 Å². The minimum absolute atomic E-state index is 0.0231. The number of imide groups is 1. The summed E-state index contributed by atoms with van der Waals surface area (Å²) in [4.78, 5) is 92.2. The van der Waals surface area contributed by atoms with Gasteiger partial charge in [0.2, 0.25) is 11.8 Å². The molecule has 0 saturated carbocycles. The van der Waals surface area contributed by atoms with Gasteiger partial charge in [-0.1, -0.05) is 44.5 Å². The fourth-order valence-electron chi connectivity index (χ4n) is 6.39. The van der Waals surface area contributed by atoms with Gasteiger partial charge in [0.15, 0.2) is 5.78 Å². The third-order valence-corrected chi connectivity index (χ3v) is 9.45. The number of nitrogens with one attached hydrogen (secondary N) is 1. The molecule has 4 amide bonds. The Morgan fingerprint density at radius 2 is 1.62 bits per heavy atom. The van der Waals surface area contributed by atoms with Gasteiger partial charge in [-0.25, -0.2) is 0 Å². The molecule has 13 nitrogen and oxygen atoms in total. The van der Waals surface area contributed by atoms with Gasteiger partial charge in [0.1, 0.15) is 12.4 Å². The summed E-state index contributed by atoms with van der Waals surface area (Å²) in [7, 11) is 0. The number of ketones is 2. The van der Waals surface area contributed by atoms with E-state index in [1.807, 2.05) is 25.7 Å². The van der Waals surface area contributed by atoms with Gasteiger partial charge in [-0.2, -0.15) is 0 Å². The predicted molar refractivity (Wildman–Crippen MR) is 193 cm³/mol. The molecule has 4 atom stereocenters. The van der Waals surface area contributed by atoms with Crippen molar-refractivity contribution in [1.29, 1.82) is 0 Å². The molecule has 286 valence electrons. The average Bonchev–Trinajstić information content (AvgIpc) is 3.62. The van der Waals surface area contributed by atoms with Crippen LogP contribution in [0.15, 0.2) is 36.4 Å². The molecule has 0 bridgehead atoms. The van der Waals surface area contributed by atoms with E-state index in [0.29, 0.717) is 45.4 Å². The van der Waals surface area contributed by atoms with Crippen molar-refractivity contribution in [1.82, 2.24) is 15.1 Å². The number of hydrogen-bond acceptors (Lipinski definition) is 10. The van der Waals surface area contributed by atoms with E-state index in [4.69, 9.17) is 15.2 Å². The lowest BCUT2D eigenvalue weighted by molar-refractivity contribution is -0.154. The van der Waals surface area contributed by atoms with Crippen LogP contribution in [0.3, 0.4) is 0 Å². The largest absolute Gasteiger partial charge is 0.460 e. The van der Waals surface area contributed by atoms with Crippen LogP contribution in [0.2, 0.25) is 0 Å². The first-order chi connectivity index (χ1) is 24.5. The Labute approximate surface area is 307 Å². The summed E-state index contributed by atoms with van der Waals surface area (Å²) in [5, 5.41) is 2.92. The number of nitrogens with zero attached hydrogens (tertiary/aromatic N) is 2. The van der Waals surface area contributed by atoms with Gasteiger partial charge in [0, 0.05) is 56.5 Å². The fraction of sp³-hybridized carbons (Fsp3) is 0.615. The molecule has 0 radical (unpaired) electrons. The second-order valence-corrected chi connectivity index (χ2v) is 15.2. The summed E-state index contributed by atoms with van der Waals surface area (Å²) in [6.07, 6.45) is 4.38. The molecule has 13 heteroatoms. The van der Waals surface area contributed by atoms with Crippen molar-refractivity contribution in [3.05, 3.63) is 47.5 Å². The molecule has 2 heterocycles. The number of ether oxygens (including phenoxy) is 2. The van der Waals surface area contributed by atoms with E-state index in [-0.39, 0.29) is 79.8 Å². The molecular weight excluding hydrogens is 668 g/mol. The summed E-state index contributed by atoms with van der Waals surface area (Å²) >= 11 is 0. The first-order valence-corrected chi connectivity index (χ1v) is 18.2. The number of esters is 1. The van der Waals surface area contributed by atoms with Crippen LogP contribution in [0.25, 0.3) is 0 Å². The first kappa shape index (κ1) is 42.2. The van der Waals surface area contributed by atoms with Crippen molar-refractivity contribution in [2.24, 2.45) is 23.0 Å². The van der Waals surface area contributed by atoms with Crippen molar-refractivity contribution < 1.29 is 43.0 Å². The van der Waals surface area contributed by atoms with E-state index in [9.17, 15) is 33.6 Å². The SMILES string of the molecule is CCOC[C@@H]1C[C@H](N2C(=O)C=CC2=O)CN1CC(=O)C[C@H](C(=O)N[C@@H](CCCCC(N)=O)C(=O)Cc1ccc(COC(=O)C(C)(C)C)cc1)C(C)C. The van der Waals surface area contributed by atoms with Gasteiger partial charge in [-0.3, -0.25) is 43.4 Å². The fourth-order valence-corrected chi connectivity index (χ4v) is 6.39. The molecule has 0 spiro atoms. The Morgan fingerprint density at radius 1 is 0.981 bits per heavy atom. The predicted octanol–water partition coefficient (Wildman–Crippen LogP) is 3.05. The number of carbonyl (C=O) groups excluding carboxylic acids is 7. The number of carbonyl (C=O) groups is 7. The normalized spacial score (nSPS) is 18.9.